The van der Waals surface area contributed by atoms with Crippen molar-refractivity contribution >= 4 is 47.6 Å². The minimum atomic E-state index is -1.25. The molecule has 372 valence electrons. The summed E-state index contributed by atoms with van der Waals surface area (Å²) < 4.78 is 54.0. The minimum Gasteiger partial charge on any atom is -0.488 e. The second-order valence-electron chi connectivity index (χ2n) is 20.8. The molecule has 2 N–H and O–H groups in total. The molecule has 2 aromatic carbocycles. The standard InChI is InChI=1S/C31H46FN5O4Si.C20H24FN5O/c1-21(2)40-27-17-24-26(18-25(27)32)37(20-39-14-15-42(7,8)9)34-29(24)23-10-11-33-28(16-23)35-12-13-36(22(3)19-35)30(38)41-31(4,5)6;1-12(2)27-18-9-15-17(10-16(18)21)24-25-20(15)14-4-5-23-19(8-14)26-7-6-22-13(3)11-26/h10-11,16-18,21-22H,12-15,19-20H2,1-9H3;4-5,8-10,12-13,22H,6-7,11H2,1-3H3,(H,24,25)/t22-;13-/m00/s1. The van der Waals surface area contributed by atoms with Gasteiger partial charge in [0.1, 0.15) is 35.4 Å². The normalized spacial score (nSPS) is 16.9. The van der Waals surface area contributed by atoms with Gasteiger partial charge in [0.2, 0.25) is 0 Å². The molecule has 0 aliphatic carbocycles. The molecule has 2 aliphatic heterocycles. The van der Waals surface area contributed by atoms with Gasteiger partial charge in [0.15, 0.2) is 23.1 Å². The van der Waals surface area contributed by atoms with Crippen molar-refractivity contribution in [2.75, 3.05) is 55.7 Å². The molecular weight excluding hydrogens is 899 g/mol. The summed E-state index contributed by atoms with van der Waals surface area (Å²) in [6, 6.07) is 15.7. The Morgan fingerprint density at radius 2 is 1.42 bits per heavy atom. The first-order valence-corrected chi connectivity index (χ1v) is 27.8. The van der Waals surface area contributed by atoms with Crippen LogP contribution in [0.5, 0.6) is 11.5 Å². The first-order chi connectivity index (χ1) is 32.6. The van der Waals surface area contributed by atoms with Crippen LogP contribution in [0.4, 0.5) is 25.2 Å². The summed E-state index contributed by atoms with van der Waals surface area (Å²) in [6.45, 7) is 29.6. The van der Waals surface area contributed by atoms with Crippen LogP contribution < -0.4 is 24.6 Å². The number of anilines is 2. The van der Waals surface area contributed by atoms with Crippen molar-refractivity contribution in [1.82, 2.24) is 40.2 Å². The highest BCUT2D eigenvalue weighted by Crippen LogP contribution is 2.36. The fourth-order valence-corrected chi connectivity index (χ4v) is 9.07. The molecular formula is C51H70F2N10O5Si. The van der Waals surface area contributed by atoms with Gasteiger partial charge in [0, 0.05) is 112 Å². The zero-order valence-electron chi connectivity index (χ0n) is 42.3. The Morgan fingerprint density at radius 3 is 2.01 bits per heavy atom. The Kier molecular flexibility index (Phi) is 15.8. The minimum absolute atomic E-state index is 0.0499. The lowest BCUT2D eigenvalue weighted by atomic mass is 10.1. The average molecular weight is 969 g/mol. The summed E-state index contributed by atoms with van der Waals surface area (Å²) in [5.74, 6) is 1.33. The summed E-state index contributed by atoms with van der Waals surface area (Å²) in [6.07, 6.45) is 2.99. The second kappa shape index (κ2) is 21.4. The molecule has 2 atom stereocenters. The van der Waals surface area contributed by atoms with Gasteiger partial charge in [0.25, 0.3) is 0 Å². The van der Waals surface area contributed by atoms with Crippen LogP contribution in [0, 0.1) is 11.6 Å². The Balaban J connectivity index is 0.000000223. The summed E-state index contributed by atoms with van der Waals surface area (Å²) >= 11 is 0. The maximum absolute atomic E-state index is 15.1. The highest BCUT2D eigenvalue weighted by atomic mass is 28.3. The molecule has 0 bridgehead atoms. The molecule has 2 fully saturated rings. The predicted molar refractivity (Wildman–Crippen MR) is 272 cm³/mol. The maximum Gasteiger partial charge on any atom is 0.410 e. The molecule has 2 saturated heterocycles. The van der Waals surface area contributed by atoms with E-state index in [0.717, 1.165) is 64.9 Å². The summed E-state index contributed by atoms with van der Waals surface area (Å²) in [7, 11) is -1.25. The molecule has 2 aliphatic rings. The monoisotopic (exact) mass is 969 g/mol. The number of hydrogen-bond acceptors (Lipinski definition) is 12. The van der Waals surface area contributed by atoms with Gasteiger partial charge in [-0.25, -0.2) is 28.2 Å². The van der Waals surface area contributed by atoms with E-state index in [1.54, 1.807) is 34.1 Å². The fraction of sp³-hybridized carbons (Fsp3) is 0.510. The number of fused-ring (bicyclic) bond motifs is 2. The van der Waals surface area contributed by atoms with Crippen molar-refractivity contribution in [3.63, 3.8) is 0 Å². The predicted octanol–water partition coefficient (Wildman–Crippen LogP) is 10.1. The molecule has 15 nitrogen and oxygen atoms in total. The number of carbonyl (C=O) groups is 1. The summed E-state index contributed by atoms with van der Waals surface area (Å²) in [4.78, 5) is 28.1. The van der Waals surface area contributed by atoms with Crippen LogP contribution in [0.2, 0.25) is 25.7 Å². The number of aromatic nitrogens is 6. The smallest absolute Gasteiger partial charge is 0.410 e. The quantitative estimate of drug-likeness (QED) is 0.0839. The highest BCUT2D eigenvalue weighted by molar-refractivity contribution is 6.76. The Morgan fingerprint density at radius 1 is 0.812 bits per heavy atom. The molecule has 0 unspecified atom stereocenters. The number of amides is 1. The van der Waals surface area contributed by atoms with E-state index in [1.165, 1.54) is 12.1 Å². The molecule has 18 heteroatoms. The summed E-state index contributed by atoms with van der Waals surface area (Å²) in [5, 5.41) is 17.3. The third-order valence-electron chi connectivity index (χ3n) is 11.7. The number of benzene rings is 2. The van der Waals surface area contributed by atoms with Crippen LogP contribution in [0.15, 0.2) is 60.9 Å². The second-order valence-corrected chi connectivity index (χ2v) is 26.4. The van der Waals surface area contributed by atoms with Crippen molar-refractivity contribution in [3.8, 4) is 34.0 Å². The first kappa shape index (κ1) is 51.0. The van der Waals surface area contributed by atoms with Crippen LogP contribution >= 0.6 is 0 Å². The molecule has 1 amide bonds. The van der Waals surface area contributed by atoms with E-state index in [2.05, 4.69) is 61.8 Å². The number of nitrogens with one attached hydrogen (secondary N) is 2. The average Bonchev–Trinajstić information content (AvgIpc) is 3.84. The van der Waals surface area contributed by atoms with Gasteiger partial charge in [-0.15, -0.1) is 0 Å². The van der Waals surface area contributed by atoms with E-state index in [-0.39, 0.29) is 42.6 Å². The molecule has 8 rings (SSSR count). The third kappa shape index (κ3) is 13.1. The molecule has 0 saturated carbocycles. The van der Waals surface area contributed by atoms with Crippen LogP contribution in [0.25, 0.3) is 44.3 Å². The lowest BCUT2D eigenvalue weighted by Gasteiger charge is -2.40. The topological polar surface area (TPSA) is 148 Å². The van der Waals surface area contributed by atoms with Crippen molar-refractivity contribution < 1.29 is 32.5 Å². The van der Waals surface area contributed by atoms with Gasteiger partial charge in [-0.2, -0.15) is 10.2 Å². The number of piperazine rings is 2. The van der Waals surface area contributed by atoms with E-state index in [0.29, 0.717) is 49.0 Å². The van der Waals surface area contributed by atoms with Crippen molar-refractivity contribution in [2.24, 2.45) is 0 Å². The number of nitrogens with zero attached hydrogens (tertiary/aromatic N) is 8. The number of carbonyl (C=O) groups excluding carboxylic acids is 1. The van der Waals surface area contributed by atoms with Gasteiger partial charge in [-0.3, -0.25) is 5.10 Å². The SMILES string of the molecule is CC(C)Oc1cc2c(-c3ccnc(N4CCN(C(=O)OC(C)(C)C)[C@@H](C)C4)c3)nn(COCC[Si](C)(C)C)c2cc1F.CC(C)Oc1cc2c(-c3ccnc(N4CCN[C@@H](C)C4)c3)n[nH]c2cc1F. The van der Waals surface area contributed by atoms with Crippen molar-refractivity contribution in [1.29, 1.82) is 0 Å². The Bertz CT molecular complexity index is 2720. The van der Waals surface area contributed by atoms with E-state index in [4.69, 9.17) is 24.0 Å². The van der Waals surface area contributed by atoms with E-state index < -0.39 is 25.3 Å². The molecule has 0 radical (unpaired) electrons. The third-order valence-corrected chi connectivity index (χ3v) is 13.4. The van der Waals surface area contributed by atoms with E-state index >= 15 is 4.39 Å². The van der Waals surface area contributed by atoms with Gasteiger partial charge in [0.05, 0.1) is 23.2 Å². The molecule has 4 aromatic heterocycles. The zero-order valence-corrected chi connectivity index (χ0v) is 43.3. The van der Waals surface area contributed by atoms with Crippen LogP contribution in [-0.4, -0.2) is 125 Å². The van der Waals surface area contributed by atoms with E-state index in [9.17, 15) is 9.18 Å². The maximum atomic E-state index is 15.1. The first-order valence-electron chi connectivity index (χ1n) is 24.1. The van der Waals surface area contributed by atoms with Gasteiger partial charge >= 0.3 is 6.09 Å². The number of hydrogen-bond donors (Lipinski definition) is 2. The number of pyridine rings is 2. The van der Waals surface area contributed by atoms with Gasteiger partial charge < -0.3 is 39.0 Å². The van der Waals surface area contributed by atoms with Gasteiger partial charge in [-0.05, 0) is 105 Å². The number of rotatable bonds is 13. The highest BCUT2D eigenvalue weighted by Gasteiger charge is 2.32. The van der Waals surface area contributed by atoms with Crippen LogP contribution in [0.1, 0.15) is 62.3 Å². The Labute approximate surface area is 405 Å². The lowest BCUT2D eigenvalue weighted by molar-refractivity contribution is 0.0158. The molecule has 6 heterocycles. The zero-order chi connectivity index (χ0) is 49.8. The van der Waals surface area contributed by atoms with Gasteiger partial charge in [-0.1, -0.05) is 19.6 Å². The molecule has 69 heavy (non-hydrogen) atoms. The number of aromatic amines is 1. The van der Waals surface area contributed by atoms with Crippen molar-refractivity contribution in [3.05, 3.63) is 72.6 Å². The van der Waals surface area contributed by atoms with Crippen LogP contribution in [-0.2, 0) is 16.2 Å². The number of halogens is 2. The molecule has 0 spiro atoms. The summed E-state index contributed by atoms with van der Waals surface area (Å²) in [5.41, 5.74) is 4.02. The van der Waals surface area contributed by atoms with Crippen molar-refractivity contribution in [2.45, 2.75) is 125 Å². The van der Waals surface area contributed by atoms with E-state index in [1.807, 2.05) is 79.7 Å². The largest absolute Gasteiger partial charge is 0.488 e. The van der Waals surface area contributed by atoms with Crippen LogP contribution in [0.3, 0.4) is 0 Å². The fourth-order valence-electron chi connectivity index (χ4n) is 8.32. The molecule has 6 aromatic rings. The Hall–Kier alpha value is -5.85. The number of H-pyrrole nitrogens is 1. The number of ether oxygens (including phenoxy) is 4. The lowest BCUT2D eigenvalue weighted by Crippen LogP contribution is -2.55.